The molecular weight excluding hydrogens is 439 g/mol. The Balaban J connectivity index is 1.70. The normalized spacial score (nSPS) is 19.3. The van der Waals surface area contributed by atoms with Gasteiger partial charge in [0.2, 0.25) is 5.89 Å². The molecule has 4 aromatic rings. The molecule has 1 unspecified atom stereocenters. The number of ether oxygens (including phenoxy) is 1. The fourth-order valence-electron chi connectivity index (χ4n) is 4.18. The van der Waals surface area contributed by atoms with E-state index in [0.717, 1.165) is 17.4 Å². The zero-order valence-corrected chi connectivity index (χ0v) is 17.9. The van der Waals surface area contributed by atoms with Gasteiger partial charge in [0.05, 0.1) is 23.3 Å². The molecule has 1 atom stereocenters. The summed E-state index contributed by atoms with van der Waals surface area (Å²) >= 11 is 0. The van der Waals surface area contributed by atoms with E-state index in [4.69, 9.17) is 9.15 Å². The van der Waals surface area contributed by atoms with Crippen molar-refractivity contribution in [2.24, 2.45) is 0 Å². The molecule has 1 aromatic carbocycles. The topological polar surface area (TPSA) is 98.3 Å². The smallest absolute Gasteiger partial charge is 0.420 e. The molecule has 172 valence electrons. The van der Waals surface area contributed by atoms with Crippen LogP contribution in [0.25, 0.3) is 28.2 Å². The summed E-state index contributed by atoms with van der Waals surface area (Å²) in [6.45, 7) is 4.50. The van der Waals surface area contributed by atoms with Gasteiger partial charge in [-0.05, 0) is 32.3 Å². The summed E-state index contributed by atoms with van der Waals surface area (Å²) in [7, 11) is 0. The third-order valence-electron chi connectivity index (χ3n) is 5.90. The molecule has 0 amide bonds. The summed E-state index contributed by atoms with van der Waals surface area (Å²) < 4.78 is 53.7. The van der Waals surface area contributed by atoms with Gasteiger partial charge < -0.3 is 9.15 Å². The molecule has 0 radical (unpaired) electrons. The second-order valence-electron chi connectivity index (χ2n) is 8.39. The van der Waals surface area contributed by atoms with Crippen molar-refractivity contribution in [1.29, 1.82) is 0 Å². The first-order chi connectivity index (χ1) is 15.7. The third kappa shape index (κ3) is 3.52. The maximum Gasteiger partial charge on any atom is 0.433 e. The Bertz CT molecular complexity index is 1380. The lowest BCUT2D eigenvalue weighted by Crippen LogP contribution is -2.33. The summed E-state index contributed by atoms with van der Waals surface area (Å²) in [6, 6.07) is 8.00. The van der Waals surface area contributed by atoms with E-state index in [1.165, 1.54) is 19.1 Å². The number of nitrogens with zero attached hydrogens (tertiary/aromatic N) is 4. The predicted molar refractivity (Wildman–Crippen MR) is 112 cm³/mol. The average Bonchev–Trinajstić information content (AvgIpc) is 3.41. The van der Waals surface area contributed by atoms with Crippen molar-refractivity contribution in [3.05, 3.63) is 58.0 Å². The maximum atomic E-state index is 13.9. The van der Waals surface area contributed by atoms with Crippen molar-refractivity contribution in [1.82, 2.24) is 24.8 Å². The van der Waals surface area contributed by atoms with Crippen molar-refractivity contribution in [3.63, 3.8) is 0 Å². The van der Waals surface area contributed by atoms with E-state index < -0.39 is 22.8 Å². The van der Waals surface area contributed by atoms with Crippen LogP contribution in [-0.4, -0.2) is 38.0 Å². The van der Waals surface area contributed by atoms with Gasteiger partial charge in [0, 0.05) is 6.61 Å². The highest BCUT2D eigenvalue weighted by Gasteiger charge is 2.39. The van der Waals surface area contributed by atoms with Crippen LogP contribution >= 0.6 is 0 Å². The zero-order chi connectivity index (χ0) is 23.4. The number of aromatic nitrogens is 5. The minimum Gasteiger partial charge on any atom is -0.420 e. The molecule has 0 aliphatic carbocycles. The average molecular weight is 459 g/mol. The van der Waals surface area contributed by atoms with Gasteiger partial charge in [0.25, 0.3) is 11.4 Å². The van der Waals surface area contributed by atoms with Crippen LogP contribution in [0, 0.1) is 6.92 Å². The monoisotopic (exact) mass is 459 g/mol. The van der Waals surface area contributed by atoms with Crippen LogP contribution in [0.2, 0.25) is 0 Å². The van der Waals surface area contributed by atoms with Crippen LogP contribution in [0.3, 0.4) is 0 Å². The number of H-pyrrole nitrogens is 1. The van der Waals surface area contributed by atoms with Gasteiger partial charge in [0.15, 0.2) is 5.65 Å². The molecule has 1 N–H and O–H groups in total. The number of fused-ring (bicyclic) bond motifs is 1. The molecule has 4 heterocycles. The largest absolute Gasteiger partial charge is 0.433 e. The number of aromatic amines is 1. The first-order valence-electron chi connectivity index (χ1n) is 10.4. The second kappa shape index (κ2) is 7.55. The van der Waals surface area contributed by atoms with E-state index in [-0.39, 0.29) is 33.9 Å². The van der Waals surface area contributed by atoms with E-state index in [0.29, 0.717) is 19.1 Å². The van der Waals surface area contributed by atoms with Crippen LogP contribution in [0.5, 0.6) is 0 Å². The van der Waals surface area contributed by atoms with Gasteiger partial charge in [-0.15, -0.1) is 10.2 Å². The lowest BCUT2D eigenvalue weighted by atomic mass is 9.85. The fraction of sp³-hybridized carbons (Fsp3) is 0.364. The van der Waals surface area contributed by atoms with Gasteiger partial charge >= 0.3 is 6.18 Å². The molecule has 0 spiro atoms. The van der Waals surface area contributed by atoms with E-state index in [2.05, 4.69) is 20.3 Å². The van der Waals surface area contributed by atoms with Crippen molar-refractivity contribution < 1.29 is 22.3 Å². The number of benzene rings is 1. The van der Waals surface area contributed by atoms with Gasteiger partial charge in [-0.1, -0.05) is 30.3 Å². The molecule has 3 aromatic heterocycles. The number of nitrogens with one attached hydrogen (secondary N) is 1. The fourth-order valence-corrected chi connectivity index (χ4v) is 4.18. The summed E-state index contributed by atoms with van der Waals surface area (Å²) in [5, 5.41) is 10.3. The highest BCUT2D eigenvalue weighted by molar-refractivity contribution is 5.81. The molecule has 33 heavy (non-hydrogen) atoms. The van der Waals surface area contributed by atoms with E-state index in [1.54, 1.807) is 18.2 Å². The van der Waals surface area contributed by atoms with E-state index >= 15 is 0 Å². The van der Waals surface area contributed by atoms with Gasteiger partial charge in [-0.2, -0.15) is 17.7 Å². The predicted octanol–water partition coefficient (Wildman–Crippen LogP) is 4.13. The summed E-state index contributed by atoms with van der Waals surface area (Å²) in [5.41, 5.74) is -2.24. The van der Waals surface area contributed by atoms with Crippen LogP contribution in [-0.2, 0) is 16.3 Å². The quantitative estimate of drug-likeness (QED) is 0.495. The Hall–Kier alpha value is -3.47. The second-order valence-corrected chi connectivity index (χ2v) is 8.39. The van der Waals surface area contributed by atoms with Gasteiger partial charge in [-0.3, -0.25) is 9.89 Å². The number of alkyl halides is 3. The number of rotatable bonds is 3. The molecule has 1 saturated heterocycles. The van der Waals surface area contributed by atoms with Crippen molar-refractivity contribution in [2.75, 3.05) is 13.2 Å². The molecule has 1 aliphatic rings. The third-order valence-corrected chi connectivity index (χ3v) is 5.90. The van der Waals surface area contributed by atoms with Crippen LogP contribution in [0.15, 0.2) is 39.5 Å². The highest BCUT2D eigenvalue weighted by atomic mass is 19.4. The van der Waals surface area contributed by atoms with Crippen LogP contribution in [0.1, 0.15) is 37.0 Å². The van der Waals surface area contributed by atoms with Crippen LogP contribution < -0.4 is 5.56 Å². The number of aryl methyl sites for hydroxylation is 1. The molecule has 11 heteroatoms. The lowest BCUT2D eigenvalue weighted by molar-refractivity contribution is -0.140. The van der Waals surface area contributed by atoms with Crippen molar-refractivity contribution in [2.45, 2.75) is 38.3 Å². The minimum absolute atomic E-state index is 0.0545. The Kier molecular flexibility index (Phi) is 4.89. The number of hydrogen-bond acceptors (Lipinski definition) is 6. The Labute approximate surface area is 185 Å². The SMILES string of the molecule is Cc1nc2c(-c3ccccc3)c(C(F)(F)F)[nH]n2c(=O)c1-c1nnc(C2(C)CCCOC2)o1. The number of halogens is 3. The standard InChI is InChI=1S/C22H20F3N5O3/c1-12-14(18-27-28-20(33-18)21(2)9-6-10-32-11-21)19(31)30-17(26-12)15(13-7-4-3-5-8-13)16(29-30)22(23,24)25/h3-5,7-8,29H,6,9-11H2,1-2H3. The molecular formula is C22H20F3N5O3. The van der Waals surface area contributed by atoms with Crippen molar-refractivity contribution >= 4 is 5.65 Å². The summed E-state index contributed by atoms with van der Waals surface area (Å²) in [6.07, 6.45) is -3.13. The maximum absolute atomic E-state index is 13.9. The molecule has 0 bridgehead atoms. The highest BCUT2D eigenvalue weighted by Crippen LogP contribution is 2.38. The van der Waals surface area contributed by atoms with Crippen molar-refractivity contribution in [3.8, 4) is 22.6 Å². The molecule has 5 rings (SSSR count). The minimum atomic E-state index is -4.73. The Morgan fingerprint density at radius 2 is 1.91 bits per heavy atom. The zero-order valence-electron chi connectivity index (χ0n) is 17.9. The lowest BCUT2D eigenvalue weighted by Gasteiger charge is -2.29. The summed E-state index contributed by atoms with van der Waals surface area (Å²) in [5.74, 6) is 0.221. The Morgan fingerprint density at radius 3 is 2.58 bits per heavy atom. The molecule has 0 saturated carbocycles. The number of hydrogen-bond donors (Lipinski definition) is 1. The first-order valence-corrected chi connectivity index (χ1v) is 10.4. The van der Waals surface area contributed by atoms with E-state index in [9.17, 15) is 18.0 Å². The Morgan fingerprint density at radius 1 is 1.15 bits per heavy atom. The molecule has 8 nitrogen and oxygen atoms in total. The summed E-state index contributed by atoms with van der Waals surface area (Å²) in [4.78, 5) is 17.7. The van der Waals surface area contributed by atoms with Gasteiger partial charge in [-0.25, -0.2) is 4.98 Å². The molecule has 1 fully saturated rings. The van der Waals surface area contributed by atoms with E-state index in [1.807, 2.05) is 6.92 Å². The van der Waals surface area contributed by atoms with Crippen LogP contribution in [0.4, 0.5) is 13.2 Å². The first kappa shape index (κ1) is 21.4. The van der Waals surface area contributed by atoms with Gasteiger partial charge in [0.1, 0.15) is 11.3 Å². The molecule has 1 aliphatic heterocycles.